The van der Waals surface area contributed by atoms with Crippen molar-refractivity contribution in [1.82, 2.24) is 0 Å². The highest BCUT2D eigenvalue weighted by Gasteiger charge is 2.15. The summed E-state index contributed by atoms with van der Waals surface area (Å²) in [5.74, 6) is 0. The molecule has 0 saturated heterocycles. The predicted molar refractivity (Wildman–Crippen MR) is 77.8 cm³/mol. The Bertz CT molecular complexity index is 357. The minimum absolute atomic E-state index is 0.258. The van der Waals surface area contributed by atoms with Gasteiger partial charge in [0, 0.05) is 3.57 Å². The molecule has 1 atom stereocenters. The third kappa shape index (κ3) is 4.60. The van der Waals surface area contributed by atoms with E-state index in [0.717, 1.165) is 22.0 Å². The van der Waals surface area contributed by atoms with Gasteiger partial charge in [-0.3, -0.25) is 0 Å². The zero-order chi connectivity index (χ0) is 12.3. The molecule has 0 heterocycles. The number of aliphatic hydroxyl groups is 1. The van der Waals surface area contributed by atoms with Crippen molar-refractivity contribution in [3.05, 3.63) is 32.4 Å². The second-order valence-corrected chi connectivity index (χ2v) is 6.86. The van der Waals surface area contributed by atoms with Gasteiger partial charge in [0.15, 0.2) is 0 Å². The zero-order valence-electron chi connectivity index (χ0n) is 9.93. The largest absolute Gasteiger partial charge is 0.388 e. The van der Waals surface area contributed by atoms with Crippen molar-refractivity contribution in [2.75, 3.05) is 0 Å². The van der Waals surface area contributed by atoms with Gasteiger partial charge in [-0.25, -0.2) is 0 Å². The van der Waals surface area contributed by atoms with E-state index in [9.17, 15) is 5.11 Å². The van der Waals surface area contributed by atoms with Crippen LogP contribution < -0.4 is 0 Å². The van der Waals surface area contributed by atoms with Crippen molar-refractivity contribution in [3.8, 4) is 0 Å². The minimum Gasteiger partial charge on any atom is -0.388 e. The maximum absolute atomic E-state index is 10.0. The lowest BCUT2D eigenvalue weighted by Gasteiger charge is -2.20. The van der Waals surface area contributed by atoms with Crippen LogP contribution in [0.15, 0.2) is 18.2 Å². The van der Waals surface area contributed by atoms with Crippen molar-refractivity contribution in [2.45, 2.75) is 39.7 Å². The molecule has 0 saturated carbocycles. The van der Waals surface area contributed by atoms with E-state index >= 15 is 0 Å². The lowest BCUT2D eigenvalue weighted by Crippen LogP contribution is -2.08. The van der Waals surface area contributed by atoms with Gasteiger partial charge in [-0.15, -0.1) is 0 Å². The molecule has 1 rings (SSSR count). The van der Waals surface area contributed by atoms with Crippen molar-refractivity contribution in [3.63, 3.8) is 0 Å². The third-order valence-electron chi connectivity index (χ3n) is 2.50. The van der Waals surface area contributed by atoms with Crippen molar-refractivity contribution < 1.29 is 5.11 Å². The van der Waals surface area contributed by atoms with Crippen molar-refractivity contribution >= 4 is 34.2 Å². The van der Waals surface area contributed by atoms with E-state index in [1.165, 1.54) is 0 Å². The summed E-state index contributed by atoms with van der Waals surface area (Å²) in [4.78, 5) is 0. The molecular weight excluding hydrogens is 334 g/mol. The number of rotatable bonds is 3. The van der Waals surface area contributed by atoms with Gasteiger partial charge in [-0.05, 0) is 58.5 Å². The summed E-state index contributed by atoms with van der Waals surface area (Å²) in [5, 5.41) is 10.8. The standard InChI is InChI=1S/C13H18ClIO/c1-13(2,3)7-6-12(16)9-4-5-11(15)10(14)8-9/h4-5,8,12,16H,6-7H2,1-3H3. The molecule has 0 bridgehead atoms. The molecule has 90 valence electrons. The number of aliphatic hydroxyl groups excluding tert-OH is 1. The monoisotopic (exact) mass is 352 g/mol. The van der Waals surface area contributed by atoms with Gasteiger partial charge < -0.3 is 5.11 Å². The highest BCUT2D eigenvalue weighted by Crippen LogP contribution is 2.29. The Kier molecular flexibility index (Phi) is 5.08. The SMILES string of the molecule is CC(C)(C)CCC(O)c1ccc(I)c(Cl)c1. The average molecular weight is 353 g/mol. The molecule has 0 fully saturated rings. The molecule has 1 aromatic carbocycles. The average Bonchev–Trinajstić information content (AvgIpc) is 2.17. The van der Waals surface area contributed by atoms with Gasteiger partial charge in [0.25, 0.3) is 0 Å². The van der Waals surface area contributed by atoms with Crippen LogP contribution >= 0.6 is 34.2 Å². The number of benzene rings is 1. The highest BCUT2D eigenvalue weighted by molar-refractivity contribution is 14.1. The van der Waals surface area contributed by atoms with Crippen LogP contribution in [0.2, 0.25) is 5.02 Å². The predicted octanol–water partition coefficient (Wildman–Crippen LogP) is 4.80. The lowest BCUT2D eigenvalue weighted by molar-refractivity contribution is 0.147. The Morgan fingerprint density at radius 2 is 2.00 bits per heavy atom. The first-order valence-electron chi connectivity index (χ1n) is 5.42. The van der Waals surface area contributed by atoms with E-state index in [-0.39, 0.29) is 5.41 Å². The summed E-state index contributed by atoms with van der Waals surface area (Å²) in [5.41, 5.74) is 1.17. The molecule has 1 unspecified atom stereocenters. The molecule has 0 amide bonds. The fourth-order valence-corrected chi connectivity index (χ4v) is 1.98. The smallest absolute Gasteiger partial charge is 0.0790 e. The van der Waals surface area contributed by atoms with Crippen LogP contribution in [0, 0.1) is 8.99 Å². The van der Waals surface area contributed by atoms with Crippen LogP contribution in [0.25, 0.3) is 0 Å². The summed E-state index contributed by atoms with van der Waals surface area (Å²) in [7, 11) is 0. The Balaban J connectivity index is 2.66. The van der Waals surface area contributed by atoms with Crippen molar-refractivity contribution in [2.24, 2.45) is 5.41 Å². The van der Waals surface area contributed by atoms with Crippen LogP contribution in [0.1, 0.15) is 45.3 Å². The van der Waals surface area contributed by atoms with Crippen LogP contribution in [-0.2, 0) is 0 Å². The molecule has 1 nitrogen and oxygen atoms in total. The molecule has 0 aliphatic carbocycles. The molecule has 3 heteroatoms. The number of hydrogen-bond donors (Lipinski definition) is 1. The second kappa shape index (κ2) is 5.69. The first kappa shape index (κ1) is 14.3. The fraction of sp³-hybridized carbons (Fsp3) is 0.538. The van der Waals surface area contributed by atoms with Gasteiger partial charge in [0.1, 0.15) is 0 Å². The Hall–Kier alpha value is 0.200. The van der Waals surface area contributed by atoms with Gasteiger partial charge in [-0.1, -0.05) is 38.4 Å². The molecule has 0 aromatic heterocycles. The van der Waals surface area contributed by atoms with E-state index < -0.39 is 6.10 Å². The highest BCUT2D eigenvalue weighted by atomic mass is 127. The zero-order valence-corrected chi connectivity index (χ0v) is 12.8. The fourth-order valence-electron chi connectivity index (χ4n) is 1.46. The molecule has 0 aliphatic heterocycles. The topological polar surface area (TPSA) is 20.2 Å². The molecule has 0 radical (unpaired) electrons. The Morgan fingerprint density at radius 3 is 2.50 bits per heavy atom. The van der Waals surface area contributed by atoms with Gasteiger partial charge in [-0.2, -0.15) is 0 Å². The lowest BCUT2D eigenvalue weighted by atomic mass is 9.88. The minimum atomic E-state index is -0.409. The van der Waals surface area contributed by atoms with E-state index in [4.69, 9.17) is 11.6 Å². The van der Waals surface area contributed by atoms with E-state index in [0.29, 0.717) is 5.02 Å². The Morgan fingerprint density at radius 1 is 1.38 bits per heavy atom. The van der Waals surface area contributed by atoms with E-state index in [2.05, 4.69) is 43.4 Å². The summed E-state index contributed by atoms with van der Waals surface area (Å²) >= 11 is 8.21. The first-order chi connectivity index (χ1) is 7.29. The first-order valence-corrected chi connectivity index (χ1v) is 6.88. The van der Waals surface area contributed by atoms with Gasteiger partial charge in [0.2, 0.25) is 0 Å². The quantitative estimate of drug-likeness (QED) is 0.774. The van der Waals surface area contributed by atoms with Crippen molar-refractivity contribution in [1.29, 1.82) is 0 Å². The van der Waals surface area contributed by atoms with E-state index in [1.807, 2.05) is 18.2 Å². The Labute approximate surface area is 116 Å². The molecule has 0 spiro atoms. The summed E-state index contributed by atoms with van der Waals surface area (Å²) in [6.45, 7) is 6.54. The molecule has 1 N–H and O–H groups in total. The van der Waals surface area contributed by atoms with Crippen LogP contribution in [-0.4, -0.2) is 5.11 Å². The third-order valence-corrected chi connectivity index (χ3v) is 4.07. The maximum atomic E-state index is 10.0. The number of halogens is 2. The molecule has 16 heavy (non-hydrogen) atoms. The number of hydrogen-bond acceptors (Lipinski definition) is 1. The normalized spacial score (nSPS) is 13.9. The molecule has 0 aliphatic rings. The summed E-state index contributed by atoms with van der Waals surface area (Å²) in [6.07, 6.45) is 1.37. The van der Waals surface area contributed by atoms with Crippen LogP contribution in [0.3, 0.4) is 0 Å². The van der Waals surface area contributed by atoms with E-state index in [1.54, 1.807) is 0 Å². The van der Waals surface area contributed by atoms with Gasteiger partial charge >= 0.3 is 0 Å². The van der Waals surface area contributed by atoms with Crippen LogP contribution in [0.5, 0.6) is 0 Å². The van der Waals surface area contributed by atoms with Crippen LogP contribution in [0.4, 0.5) is 0 Å². The maximum Gasteiger partial charge on any atom is 0.0790 e. The van der Waals surface area contributed by atoms with Gasteiger partial charge in [0.05, 0.1) is 11.1 Å². The summed E-state index contributed by atoms with van der Waals surface area (Å²) in [6, 6.07) is 5.75. The second-order valence-electron chi connectivity index (χ2n) is 5.29. The summed E-state index contributed by atoms with van der Waals surface area (Å²) < 4.78 is 1.02. The molecular formula is C13H18ClIO. The molecule has 1 aromatic rings.